The van der Waals surface area contributed by atoms with E-state index in [0.717, 1.165) is 0 Å². The summed E-state index contributed by atoms with van der Waals surface area (Å²) >= 11 is 17.2. The zero-order valence-corrected chi connectivity index (χ0v) is 10.1. The number of hydrogen-bond donors (Lipinski definition) is 1. The van der Waals surface area contributed by atoms with E-state index in [2.05, 4.69) is 10.2 Å². The lowest BCUT2D eigenvalue weighted by Gasteiger charge is -2.11. The van der Waals surface area contributed by atoms with E-state index in [1.165, 1.54) is 12.3 Å². The van der Waals surface area contributed by atoms with Crippen molar-refractivity contribution in [2.45, 2.75) is 3.79 Å². The number of rotatable bonds is 1. The Morgan fingerprint density at radius 1 is 1.12 bits per heavy atom. The van der Waals surface area contributed by atoms with Crippen molar-refractivity contribution in [1.82, 2.24) is 10.2 Å². The minimum Gasteiger partial charge on any atom is -0.278 e. The Balaban J connectivity index is 2.58. The molecule has 2 aromatic rings. The summed E-state index contributed by atoms with van der Waals surface area (Å²) < 4.78 is 11.9. The summed E-state index contributed by atoms with van der Waals surface area (Å²) in [5, 5.41) is 6.32. The molecule has 2 rings (SSSR count). The van der Waals surface area contributed by atoms with Crippen LogP contribution >= 0.6 is 34.8 Å². The fraction of sp³-hybridized carbons (Fsp3) is 0.100. The largest absolute Gasteiger partial charge is 0.278 e. The minimum absolute atomic E-state index is 0.252. The molecular formula is C10H6Cl3FN2. The maximum Gasteiger partial charge on any atom is 0.232 e. The van der Waals surface area contributed by atoms with Gasteiger partial charge < -0.3 is 0 Å². The maximum atomic E-state index is 13.6. The lowest BCUT2D eigenvalue weighted by molar-refractivity contribution is 0.631. The Hall–Kier alpha value is -0.770. The number of halogens is 4. The van der Waals surface area contributed by atoms with Crippen molar-refractivity contribution in [2.24, 2.45) is 0 Å². The van der Waals surface area contributed by atoms with Gasteiger partial charge >= 0.3 is 0 Å². The third-order valence-corrected chi connectivity index (χ3v) is 2.65. The van der Waals surface area contributed by atoms with Gasteiger partial charge in [0.1, 0.15) is 5.82 Å². The normalized spacial score (nSPS) is 11.8. The molecule has 1 aromatic carbocycles. The zero-order chi connectivity index (χ0) is 11.8. The Bertz CT molecular complexity index is 505. The van der Waals surface area contributed by atoms with Crippen LogP contribution in [0.3, 0.4) is 0 Å². The molecule has 6 heteroatoms. The van der Waals surface area contributed by atoms with Crippen LogP contribution in [0.2, 0.25) is 0 Å². The van der Waals surface area contributed by atoms with Crippen LogP contribution < -0.4 is 0 Å². The van der Waals surface area contributed by atoms with Gasteiger partial charge in [-0.15, -0.1) is 0 Å². The second kappa shape index (κ2) is 4.24. The standard InChI is InChI=1S/C10H6Cl3FN2/c11-10(12,13)9-7(5-15-16-9)6-3-1-2-4-8(6)14/h1-5H,(H,15,16). The van der Waals surface area contributed by atoms with E-state index in [9.17, 15) is 4.39 Å². The Morgan fingerprint density at radius 3 is 2.44 bits per heavy atom. The van der Waals surface area contributed by atoms with Crippen molar-refractivity contribution in [1.29, 1.82) is 0 Å². The summed E-state index contributed by atoms with van der Waals surface area (Å²) in [6.07, 6.45) is 1.43. The molecule has 0 atom stereocenters. The monoisotopic (exact) mass is 278 g/mol. The third kappa shape index (κ3) is 2.17. The molecule has 0 spiro atoms. The topological polar surface area (TPSA) is 28.7 Å². The van der Waals surface area contributed by atoms with E-state index in [4.69, 9.17) is 34.8 Å². The van der Waals surface area contributed by atoms with E-state index in [1.807, 2.05) is 0 Å². The lowest BCUT2D eigenvalue weighted by Crippen LogP contribution is -2.03. The molecule has 0 fully saturated rings. The molecule has 0 radical (unpaired) electrons. The first-order chi connectivity index (χ1) is 7.50. The molecule has 0 aliphatic carbocycles. The molecule has 0 aliphatic heterocycles. The molecule has 1 heterocycles. The van der Waals surface area contributed by atoms with Gasteiger partial charge in [0.2, 0.25) is 3.79 Å². The highest BCUT2D eigenvalue weighted by molar-refractivity contribution is 6.66. The van der Waals surface area contributed by atoms with Gasteiger partial charge in [-0.1, -0.05) is 53.0 Å². The molecule has 1 N–H and O–H groups in total. The van der Waals surface area contributed by atoms with Crippen molar-refractivity contribution < 1.29 is 4.39 Å². The smallest absolute Gasteiger partial charge is 0.232 e. The molecule has 0 unspecified atom stereocenters. The number of aromatic nitrogens is 2. The summed E-state index contributed by atoms with van der Waals surface area (Å²) in [5.41, 5.74) is 1.04. The van der Waals surface area contributed by atoms with Crippen LogP contribution in [0.25, 0.3) is 11.1 Å². The van der Waals surface area contributed by atoms with E-state index in [0.29, 0.717) is 11.1 Å². The average Bonchev–Trinajstić information content (AvgIpc) is 2.66. The van der Waals surface area contributed by atoms with Gasteiger partial charge in [-0.05, 0) is 6.07 Å². The molecule has 0 saturated carbocycles. The first kappa shape index (κ1) is 11.7. The van der Waals surface area contributed by atoms with Crippen LogP contribution in [0, 0.1) is 5.82 Å². The fourth-order valence-electron chi connectivity index (χ4n) is 1.39. The van der Waals surface area contributed by atoms with E-state index in [1.54, 1.807) is 18.2 Å². The minimum atomic E-state index is -1.66. The number of hydrogen-bond acceptors (Lipinski definition) is 1. The summed E-state index contributed by atoms with van der Waals surface area (Å²) in [6, 6.07) is 6.23. The Morgan fingerprint density at radius 2 is 1.81 bits per heavy atom. The van der Waals surface area contributed by atoms with Crippen molar-refractivity contribution in [3.8, 4) is 11.1 Å². The number of aromatic amines is 1. The lowest BCUT2D eigenvalue weighted by atomic mass is 10.1. The Kier molecular flexibility index (Phi) is 3.10. The number of H-pyrrole nitrogens is 1. The van der Waals surface area contributed by atoms with E-state index >= 15 is 0 Å². The van der Waals surface area contributed by atoms with E-state index < -0.39 is 3.79 Å². The molecule has 0 amide bonds. The van der Waals surface area contributed by atoms with Crippen molar-refractivity contribution in [3.05, 3.63) is 42.0 Å². The zero-order valence-electron chi connectivity index (χ0n) is 7.85. The summed E-state index contributed by atoms with van der Waals surface area (Å²) in [7, 11) is 0. The van der Waals surface area contributed by atoms with Crippen molar-refractivity contribution in [2.75, 3.05) is 0 Å². The second-order valence-corrected chi connectivity index (χ2v) is 5.42. The molecular weight excluding hydrogens is 273 g/mol. The van der Waals surface area contributed by atoms with Gasteiger partial charge in [0.05, 0.1) is 11.9 Å². The average molecular weight is 280 g/mol. The number of nitrogens with zero attached hydrogens (tertiary/aromatic N) is 1. The highest BCUT2D eigenvalue weighted by Gasteiger charge is 2.29. The van der Waals surface area contributed by atoms with Gasteiger partial charge in [0, 0.05) is 11.1 Å². The summed E-state index contributed by atoms with van der Waals surface area (Å²) in [6.45, 7) is 0. The molecule has 2 nitrogen and oxygen atoms in total. The molecule has 0 bridgehead atoms. The second-order valence-electron chi connectivity index (χ2n) is 3.14. The van der Waals surface area contributed by atoms with Gasteiger partial charge in [0.25, 0.3) is 0 Å². The SMILES string of the molecule is Fc1ccccc1-c1cn[nH]c1C(Cl)(Cl)Cl. The highest BCUT2D eigenvalue weighted by atomic mass is 35.6. The van der Waals surface area contributed by atoms with E-state index in [-0.39, 0.29) is 11.5 Å². The van der Waals surface area contributed by atoms with Gasteiger partial charge in [-0.25, -0.2) is 4.39 Å². The summed E-state index contributed by atoms with van der Waals surface area (Å²) in [5.74, 6) is -0.389. The number of benzene rings is 1. The first-order valence-electron chi connectivity index (χ1n) is 4.35. The predicted octanol–water partition coefficient (Wildman–Crippen LogP) is 4.04. The quantitative estimate of drug-likeness (QED) is 0.784. The van der Waals surface area contributed by atoms with Crippen molar-refractivity contribution in [3.63, 3.8) is 0 Å². The molecule has 16 heavy (non-hydrogen) atoms. The third-order valence-electron chi connectivity index (χ3n) is 2.09. The van der Waals surface area contributed by atoms with Gasteiger partial charge in [-0.2, -0.15) is 5.10 Å². The fourth-order valence-corrected chi connectivity index (χ4v) is 1.82. The predicted molar refractivity (Wildman–Crippen MR) is 63.2 cm³/mol. The molecule has 84 valence electrons. The van der Waals surface area contributed by atoms with Crippen LogP contribution in [0.1, 0.15) is 5.69 Å². The first-order valence-corrected chi connectivity index (χ1v) is 5.49. The van der Waals surface area contributed by atoms with Gasteiger partial charge in [-0.3, -0.25) is 5.10 Å². The Labute approximate surface area is 106 Å². The molecule has 0 aliphatic rings. The molecule has 1 aromatic heterocycles. The van der Waals surface area contributed by atoms with Crippen LogP contribution in [-0.4, -0.2) is 10.2 Å². The van der Waals surface area contributed by atoms with Crippen LogP contribution in [-0.2, 0) is 3.79 Å². The molecule has 0 saturated heterocycles. The number of alkyl halides is 3. The van der Waals surface area contributed by atoms with Crippen LogP contribution in [0.4, 0.5) is 4.39 Å². The van der Waals surface area contributed by atoms with Crippen molar-refractivity contribution >= 4 is 34.8 Å². The van der Waals surface area contributed by atoms with Crippen LogP contribution in [0.15, 0.2) is 30.5 Å². The summed E-state index contributed by atoms with van der Waals surface area (Å²) in [4.78, 5) is 0. The maximum absolute atomic E-state index is 13.6. The highest BCUT2D eigenvalue weighted by Crippen LogP contribution is 2.42. The van der Waals surface area contributed by atoms with Gasteiger partial charge in [0.15, 0.2) is 0 Å². The number of nitrogens with one attached hydrogen (secondary N) is 1. The van der Waals surface area contributed by atoms with Crippen LogP contribution in [0.5, 0.6) is 0 Å².